The van der Waals surface area contributed by atoms with Gasteiger partial charge in [-0.15, -0.1) is 0 Å². The Hall–Kier alpha value is -1.83. The molecule has 1 amide bonds. The van der Waals surface area contributed by atoms with Crippen LogP contribution in [0.15, 0.2) is 18.2 Å². The maximum Gasteiger partial charge on any atom is 0.226 e. The number of carbonyl (C=O) groups is 1. The van der Waals surface area contributed by atoms with Crippen LogP contribution in [0.3, 0.4) is 0 Å². The Morgan fingerprint density at radius 1 is 1.48 bits per heavy atom. The lowest BCUT2D eigenvalue weighted by molar-refractivity contribution is -0.119. The van der Waals surface area contributed by atoms with Gasteiger partial charge in [0.2, 0.25) is 5.91 Å². The van der Waals surface area contributed by atoms with Crippen molar-refractivity contribution in [2.45, 2.75) is 38.7 Å². The summed E-state index contributed by atoms with van der Waals surface area (Å²) < 4.78 is 5.60. The molecule has 0 aromatic heterocycles. The molecule has 0 spiro atoms. The lowest BCUT2D eigenvalue weighted by Crippen LogP contribution is -2.25. The van der Waals surface area contributed by atoms with E-state index in [1.54, 1.807) is 0 Å². The number of anilines is 1. The van der Waals surface area contributed by atoms with Crippen LogP contribution in [0.5, 0.6) is 0 Å². The molecular formula is C17H22N2O2. The smallest absolute Gasteiger partial charge is 0.226 e. The minimum absolute atomic E-state index is 0.00562. The molecule has 0 bridgehead atoms. The molecule has 0 radical (unpaired) electrons. The first-order valence-electron chi connectivity index (χ1n) is 7.40. The van der Waals surface area contributed by atoms with Crippen molar-refractivity contribution in [3.63, 3.8) is 0 Å². The maximum absolute atomic E-state index is 12.1. The normalized spacial score (nSPS) is 17.7. The van der Waals surface area contributed by atoms with Gasteiger partial charge in [-0.3, -0.25) is 4.79 Å². The first-order valence-corrected chi connectivity index (χ1v) is 7.40. The summed E-state index contributed by atoms with van der Waals surface area (Å²) in [6.07, 6.45) is 3.67. The molecule has 2 rings (SSSR count). The van der Waals surface area contributed by atoms with Crippen LogP contribution in [0, 0.1) is 18.8 Å². The molecule has 3 N–H and O–H groups in total. The summed E-state index contributed by atoms with van der Waals surface area (Å²) >= 11 is 0. The predicted octanol–water partition coefficient (Wildman–Crippen LogP) is 2.20. The second-order valence-electron chi connectivity index (χ2n) is 5.28. The van der Waals surface area contributed by atoms with Crippen LogP contribution in [0.4, 0.5) is 5.69 Å². The van der Waals surface area contributed by atoms with E-state index in [9.17, 15) is 4.79 Å². The average Bonchev–Trinajstić information content (AvgIpc) is 2.49. The molecule has 1 unspecified atom stereocenters. The molecule has 1 aliphatic heterocycles. The Morgan fingerprint density at radius 3 is 3.05 bits per heavy atom. The quantitative estimate of drug-likeness (QED) is 0.837. The zero-order chi connectivity index (χ0) is 15.1. The number of hydrogen-bond donors (Lipinski definition) is 2. The minimum atomic E-state index is -0.00562. The van der Waals surface area contributed by atoms with Gasteiger partial charge in [-0.2, -0.15) is 0 Å². The second kappa shape index (κ2) is 7.82. The Labute approximate surface area is 126 Å². The van der Waals surface area contributed by atoms with Crippen molar-refractivity contribution in [2.75, 3.05) is 18.5 Å². The third-order valence-electron chi connectivity index (χ3n) is 3.53. The summed E-state index contributed by atoms with van der Waals surface area (Å²) in [6.45, 7) is 3.06. The predicted molar refractivity (Wildman–Crippen MR) is 83.9 cm³/mol. The summed E-state index contributed by atoms with van der Waals surface area (Å²) in [4.78, 5) is 12.1. The molecule has 1 aromatic rings. The average molecular weight is 286 g/mol. The number of nitrogens with one attached hydrogen (secondary N) is 1. The van der Waals surface area contributed by atoms with Crippen LogP contribution in [-0.4, -0.2) is 25.2 Å². The van der Waals surface area contributed by atoms with Gasteiger partial charge in [0.15, 0.2) is 0 Å². The van der Waals surface area contributed by atoms with Gasteiger partial charge < -0.3 is 15.8 Å². The van der Waals surface area contributed by atoms with Gasteiger partial charge in [0.1, 0.15) is 0 Å². The van der Waals surface area contributed by atoms with E-state index in [-0.39, 0.29) is 12.0 Å². The fraction of sp³-hybridized carbons (Fsp3) is 0.471. The molecule has 4 heteroatoms. The molecule has 1 heterocycles. The summed E-state index contributed by atoms with van der Waals surface area (Å²) in [5, 5.41) is 2.96. The van der Waals surface area contributed by atoms with Gasteiger partial charge in [-0.25, -0.2) is 0 Å². The standard InChI is InChI=1S/C17H22N2O2/c1-13-7-8-14(5-4-9-18)11-16(13)19-17(20)12-15-6-2-3-10-21-15/h7-8,11,15H,2-3,6,9-10,12,18H2,1H3,(H,19,20). The van der Waals surface area contributed by atoms with Gasteiger partial charge in [0, 0.05) is 17.9 Å². The van der Waals surface area contributed by atoms with E-state index in [0.717, 1.165) is 42.7 Å². The Bertz CT molecular complexity index is 552. The van der Waals surface area contributed by atoms with E-state index < -0.39 is 0 Å². The van der Waals surface area contributed by atoms with E-state index in [4.69, 9.17) is 10.5 Å². The van der Waals surface area contributed by atoms with E-state index in [2.05, 4.69) is 17.2 Å². The van der Waals surface area contributed by atoms with E-state index >= 15 is 0 Å². The largest absolute Gasteiger partial charge is 0.378 e. The molecule has 4 nitrogen and oxygen atoms in total. The highest BCUT2D eigenvalue weighted by atomic mass is 16.5. The number of ether oxygens (including phenoxy) is 1. The summed E-state index contributed by atoms with van der Waals surface area (Å²) in [5.74, 6) is 5.79. The Kier molecular flexibility index (Phi) is 5.79. The van der Waals surface area contributed by atoms with Crippen molar-refractivity contribution in [2.24, 2.45) is 5.73 Å². The number of aryl methyl sites for hydroxylation is 1. The molecule has 0 aliphatic carbocycles. The van der Waals surface area contributed by atoms with Crippen LogP contribution in [-0.2, 0) is 9.53 Å². The van der Waals surface area contributed by atoms with E-state index in [1.807, 2.05) is 25.1 Å². The highest BCUT2D eigenvalue weighted by Gasteiger charge is 2.18. The van der Waals surface area contributed by atoms with Gasteiger partial charge in [0.05, 0.1) is 19.1 Å². The molecular weight excluding hydrogens is 264 g/mol. The van der Waals surface area contributed by atoms with Gasteiger partial charge in [0.25, 0.3) is 0 Å². The number of nitrogens with two attached hydrogens (primary N) is 1. The Morgan fingerprint density at radius 2 is 2.33 bits per heavy atom. The third kappa shape index (κ3) is 4.89. The summed E-state index contributed by atoms with van der Waals surface area (Å²) in [6, 6.07) is 5.77. The molecule has 1 aromatic carbocycles. The fourth-order valence-corrected chi connectivity index (χ4v) is 2.36. The minimum Gasteiger partial charge on any atom is -0.378 e. The molecule has 1 aliphatic rings. The third-order valence-corrected chi connectivity index (χ3v) is 3.53. The lowest BCUT2D eigenvalue weighted by Gasteiger charge is -2.22. The molecule has 1 atom stereocenters. The van der Waals surface area contributed by atoms with Gasteiger partial charge >= 0.3 is 0 Å². The van der Waals surface area contributed by atoms with Crippen molar-refractivity contribution in [3.05, 3.63) is 29.3 Å². The van der Waals surface area contributed by atoms with Crippen molar-refractivity contribution >= 4 is 11.6 Å². The summed E-state index contributed by atoms with van der Waals surface area (Å²) in [7, 11) is 0. The molecule has 0 saturated carbocycles. The monoisotopic (exact) mass is 286 g/mol. The van der Waals surface area contributed by atoms with Crippen LogP contribution >= 0.6 is 0 Å². The zero-order valence-electron chi connectivity index (χ0n) is 12.4. The molecule has 1 fully saturated rings. The van der Waals surface area contributed by atoms with Crippen LogP contribution in [0.1, 0.15) is 36.8 Å². The molecule has 21 heavy (non-hydrogen) atoms. The Balaban J connectivity index is 1.98. The van der Waals surface area contributed by atoms with Crippen molar-refractivity contribution in [1.82, 2.24) is 0 Å². The number of benzene rings is 1. The first-order chi connectivity index (χ1) is 10.2. The number of hydrogen-bond acceptors (Lipinski definition) is 3. The van der Waals surface area contributed by atoms with E-state index in [0.29, 0.717) is 13.0 Å². The van der Waals surface area contributed by atoms with Crippen molar-refractivity contribution < 1.29 is 9.53 Å². The van der Waals surface area contributed by atoms with E-state index in [1.165, 1.54) is 0 Å². The van der Waals surface area contributed by atoms with Crippen LogP contribution in [0.2, 0.25) is 0 Å². The van der Waals surface area contributed by atoms with Crippen molar-refractivity contribution in [1.29, 1.82) is 0 Å². The summed E-state index contributed by atoms with van der Waals surface area (Å²) in [5.41, 5.74) is 8.05. The highest BCUT2D eigenvalue weighted by Crippen LogP contribution is 2.19. The number of rotatable bonds is 3. The zero-order valence-corrected chi connectivity index (χ0v) is 12.4. The fourth-order valence-electron chi connectivity index (χ4n) is 2.36. The molecule has 112 valence electrons. The SMILES string of the molecule is Cc1ccc(C#CCN)cc1NC(=O)CC1CCCCO1. The van der Waals surface area contributed by atoms with Gasteiger partial charge in [-0.1, -0.05) is 17.9 Å². The van der Waals surface area contributed by atoms with Crippen LogP contribution < -0.4 is 11.1 Å². The number of carbonyl (C=O) groups excluding carboxylic acids is 1. The molecule has 1 saturated heterocycles. The maximum atomic E-state index is 12.1. The second-order valence-corrected chi connectivity index (χ2v) is 5.28. The van der Waals surface area contributed by atoms with Gasteiger partial charge in [-0.05, 0) is 43.9 Å². The van der Waals surface area contributed by atoms with Crippen LogP contribution in [0.25, 0.3) is 0 Å². The topological polar surface area (TPSA) is 64.3 Å². The van der Waals surface area contributed by atoms with Crippen molar-refractivity contribution in [3.8, 4) is 11.8 Å². The first kappa shape index (κ1) is 15.6. The number of amides is 1. The highest BCUT2D eigenvalue weighted by molar-refractivity contribution is 5.92. The lowest BCUT2D eigenvalue weighted by atomic mass is 10.1.